The van der Waals surface area contributed by atoms with E-state index in [1.807, 2.05) is 0 Å². The second-order valence-corrected chi connectivity index (χ2v) is 7.54. The van der Waals surface area contributed by atoms with Crippen LogP contribution in [0.3, 0.4) is 0 Å². The van der Waals surface area contributed by atoms with Crippen LogP contribution in [0.25, 0.3) is 0 Å². The van der Waals surface area contributed by atoms with Crippen molar-refractivity contribution in [1.82, 2.24) is 5.32 Å². The van der Waals surface area contributed by atoms with Crippen molar-refractivity contribution in [3.8, 4) is 0 Å². The van der Waals surface area contributed by atoms with Crippen LogP contribution in [0.1, 0.15) is 13.3 Å². The molecule has 0 aromatic heterocycles. The fourth-order valence-electron chi connectivity index (χ4n) is 1.02. The standard InChI is InChI=1S/C6H16N2O7P2/c1-4(7)6(9)8-3-2-5(16(10,11)12)17(13,14)15/h4-5H,2-3,7H2,1H3,(H,8,9)(H2,10,11,12)(H2,13,14,15)/t4-/m0/s1. The summed E-state index contributed by atoms with van der Waals surface area (Å²) in [6.45, 7) is 1.13. The summed E-state index contributed by atoms with van der Waals surface area (Å²) in [6.07, 6.45) is -0.535. The molecule has 0 bridgehead atoms. The van der Waals surface area contributed by atoms with Crippen molar-refractivity contribution in [2.75, 3.05) is 6.54 Å². The smallest absolute Gasteiger partial charge is 0.340 e. The SMILES string of the molecule is C[C@H](N)C(=O)NCCC(P(=O)(O)O)P(=O)(O)O. The summed E-state index contributed by atoms with van der Waals surface area (Å²) in [5.41, 5.74) is 5.21. The molecule has 11 heteroatoms. The number of amides is 1. The van der Waals surface area contributed by atoms with Crippen LogP contribution in [-0.4, -0.2) is 43.5 Å². The largest absolute Gasteiger partial charge is 0.355 e. The molecule has 0 spiro atoms. The summed E-state index contributed by atoms with van der Waals surface area (Å²) in [7, 11) is -9.85. The molecule has 0 aliphatic rings. The Hall–Kier alpha value is -0.270. The first-order valence-corrected chi connectivity index (χ1v) is 7.96. The predicted molar refractivity (Wildman–Crippen MR) is 59.2 cm³/mol. The van der Waals surface area contributed by atoms with E-state index in [1.54, 1.807) is 0 Å². The van der Waals surface area contributed by atoms with Crippen molar-refractivity contribution < 1.29 is 33.5 Å². The number of hydrogen-bond donors (Lipinski definition) is 6. The van der Waals surface area contributed by atoms with Crippen LogP contribution < -0.4 is 11.1 Å². The van der Waals surface area contributed by atoms with E-state index in [1.165, 1.54) is 6.92 Å². The molecular formula is C6H16N2O7P2. The number of carbonyl (C=O) groups excluding carboxylic acids is 1. The molecule has 0 saturated heterocycles. The first-order chi connectivity index (χ1) is 7.46. The van der Waals surface area contributed by atoms with E-state index < -0.39 is 39.0 Å². The normalized spacial score (nSPS) is 14.8. The van der Waals surface area contributed by atoms with E-state index in [0.29, 0.717) is 0 Å². The fraction of sp³-hybridized carbons (Fsp3) is 0.833. The third-order valence-electron chi connectivity index (χ3n) is 1.89. The van der Waals surface area contributed by atoms with Gasteiger partial charge in [-0.3, -0.25) is 13.9 Å². The zero-order chi connectivity index (χ0) is 13.9. The fourth-order valence-corrected chi connectivity index (χ4v) is 3.52. The Morgan fingerprint density at radius 2 is 1.65 bits per heavy atom. The van der Waals surface area contributed by atoms with Gasteiger partial charge in [0.25, 0.3) is 0 Å². The highest BCUT2D eigenvalue weighted by Gasteiger charge is 2.42. The zero-order valence-electron chi connectivity index (χ0n) is 9.05. The minimum absolute atomic E-state index is 0.277. The van der Waals surface area contributed by atoms with Crippen molar-refractivity contribution in [1.29, 1.82) is 0 Å². The lowest BCUT2D eigenvalue weighted by molar-refractivity contribution is -0.121. The van der Waals surface area contributed by atoms with Gasteiger partial charge in [0, 0.05) is 6.54 Å². The summed E-state index contributed by atoms with van der Waals surface area (Å²) in [5, 5.41) is 0.0982. The summed E-state index contributed by atoms with van der Waals surface area (Å²) in [6, 6.07) is -0.807. The molecule has 0 heterocycles. The topological polar surface area (TPSA) is 170 Å². The maximum Gasteiger partial charge on any atom is 0.340 e. The minimum Gasteiger partial charge on any atom is -0.355 e. The highest BCUT2D eigenvalue weighted by molar-refractivity contribution is 7.70. The van der Waals surface area contributed by atoms with Crippen molar-refractivity contribution in [2.45, 2.75) is 24.8 Å². The van der Waals surface area contributed by atoms with Crippen molar-refractivity contribution in [3.05, 3.63) is 0 Å². The Balaban J connectivity index is 4.46. The van der Waals surface area contributed by atoms with E-state index in [-0.39, 0.29) is 6.54 Å². The van der Waals surface area contributed by atoms with Crippen LogP contribution in [0.2, 0.25) is 0 Å². The van der Waals surface area contributed by atoms with Gasteiger partial charge in [-0.15, -0.1) is 0 Å². The van der Waals surface area contributed by atoms with Gasteiger partial charge in [-0.25, -0.2) is 0 Å². The third kappa shape index (κ3) is 6.28. The van der Waals surface area contributed by atoms with Crippen molar-refractivity contribution >= 4 is 21.1 Å². The van der Waals surface area contributed by atoms with Gasteiger partial charge >= 0.3 is 15.2 Å². The van der Waals surface area contributed by atoms with Gasteiger partial charge in [0.15, 0.2) is 5.40 Å². The number of nitrogens with one attached hydrogen (secondary N) is 1. The minimum atomic E-state index is -4.93. The Bertz CT molecular complexity index is 337. The van der Waals surface area contributed by atoms with Crippen LogP contribution in [0, 0.1) is 0 Å². The molecule has 0 aliphatic carbocycles. The molecule has 17 heavy (non-hydrogen) atoms. The van der Waals surface area contributed by atoms with Gasteiger partial charge in [0.05, 0.1) is 6.04 Å². The predicted octanol–water partition coefficient (Wildman–Crippen LogP) is -1.48. The second kappa shape index (κ2) is 6.06. The average molecular weight is 290 g/mol. The lowest BCUT2D eigenvalue weighted by atomic mass is 10.3. The first-order valence-electron chi connectivity index (χ1n) is 4.60. The molecule has 7 N–H and O–H groups in total. The van der Waals surface area contributed by atoms with E-state index in [0.717, 1.165) is 0 Å². The number of rotatable bonds is 6. The molecule has 0 rings (SSSR count). The van der Waals surface area contributed by atoms with Crippen molar-refractivity contribution in [3.63, 3.8) is 0 Å². The molecule has 0 fully saturated rings. The van der Waals surface area contributed by atoms with Crippen LogP contribution in [0.4, 0.5) is 0 Å². The number of hydrogen-bond acceptors (Lipinski definition) is 4. The van der Waals surface area contributed by atoms with Gasteiger partial charge in [0.2, 0.25) is 5.91 Å². The van der Waals surface area contributed by atoms with Crippen LogP contribution in [-0.2, 0) is 13.9 Å². The van der Waals surface area contributed by atoms with Crippen LogP contribution in [0.15, 0.2) is 0 Å². The maximum atomic E-state index is 11.0. The van der Waals surface area contributed by atoms with Gasteiger partial charge in [-0.2, -0.15) is 0 Å². The number of carbonyl (C=O) groups is 1. The Morgan fingerprint density at radius 3 is 1.94 bits per heavy atom. The summed E-state index contributed by atoms with van der Waals surface area (Å²) in [4.78, 5) is 46.1. The van der Waals surface area contributed by atoms with Gasteiger partial charge in [-0.05, 0) is 13.3 Å². The summed E-state index contributed by atoms with van der Waals surface area (Å²) in [5.74, 6) is -0.569. The number of nitrogens with two attached hydrogens (primary N) is 1. The van der Waals surface area contributed by atoms with E-state index in [9.17, 15) is 13.9 Å². The lowest BCUT2D eigenvalue weighted by Crippen LogP contribution is -2.39. The molecule has 0 unspecified atom stereocenters. The third-order valence-corrected chi connectivity index (χ3v) is 5.77. The van der Waals surface area contributed by atoms with E-state index in [4.69, 9.17) is 25.3 Å². The molecule has 1 amide bonds. The Labute approximate surface area is 97.7 Å². The quantitative estimate of drug-likeness (QED) is 0.321. The molecule has 0 aliphatic heterocycles. The molecular weight excluding hydrogens is 274 g/mol. The van der Waals surface area contributed by atoms with E-state index in [2.05, 4.69) is 5.32 Å². The monoisotopic (exact) mass is 290 g/mol. The molecule has 102 valence electrons. The van der Waals surface area contributed by atoms with Gasteiger partial charge < -0.3 is 30.6 Å². The molecule has 0 aromatic carbocycles. The average Bonchev–Trinajstić information content (AvgIpc) is 2.07. The molecule has 0 aromatic rings. The molecule has 0 radical (unpaired) electrons. The van der Waals surface area contributed by atoms with E-state index >= 15 is 0 Å². The Kier molecular flexibility index (Phi) is 5.96. The highest BCUT2D eigenvalue weighted by atomic mass is 31.2. The van der Waals surface area contributed by atoms with Crippen LogP contribution >= 0.6 is 15.2 Å². The van der Waals surface area contributed by atoms with Gasteiger partial charge in [0.1, 0.15) is 0 Å². The second-order valence-electron chi connectivity index (χ2n) is 3.53. The highest BCUT2D eigenvalue weighted by Crippen LogP contribution is 2.61. The zero-order valence-corrected chi connectivity index (χ0v) is 10.8. The van der Waals surface area contributed by atoms with Gasteiger partial charge in [-0.1, -0.05) is 0 Å². The maximum absolute atomic E-state index is 11.0. The van der Waals surface area contributed by atoms with Crippen molar-refractivity contribution in [2.24, 2.45) is 5.73 Å². The lowest BCUT2D eigenvalue weighted by Gasteiger charge is -2.19. The molecule has 9 nitrogen and oxygen atoms in total. The summed E-state index contributed by atoms with van der Waals surface area (Å²) < 4.78 is 21.7. The molecule has 0 saturated carbocycles. The van der Waals surface area contributed by atoms with Crippen LogP contribution in [0.5, 0.6) is 0 Å². The first kappa shape index (κ1) is 16.7. The summed E-state index contributed by atoms with van der Waals surface area (Å²) >= 11 is 0. The molecule has 1 atom stereocenters. The Morgan fingerprint density at radius 1 is 1.24 bits per heavy atom.